The van der Waals surface area contributed by atoms with Crippen molar-refractivity contribution in [1.82, 2.24) is 19.9 Å². The first kappa shape index (κ1) is 28.0. The summed E-state index contributed by atoms with van der Waals surface area (Å²) in [6.45, 7) is 2.72. The van der Waals surface area contributed by atoms with Gasteiger partial charge in [-0.2, -0.15) is 18.3 Å². The van der Waals surface area contributed by atoms with E-state index in [1.165, 1.54) is 48.4 Å². The predicted octanol–water partition coefficient (Wildman–Crippen LogP) is 3.44. The molecule has 3 aromatic rings. The summed E-state index contributed by atoms with van der Waals surface area (Å²) in [6.07, 6.45) is -4.81. The number of nitrogens with zero attached hydrogens (tertiary/aromatic N) is 4. The van der Waals surface area contributed by atoms with Crippen molar-refractivity contribution in [3.8, 4) is 0 Å². The first-order valence-corrected chi connectivity index (χ1v) is 12.5. The van der Waals surface area contributed by atoms with Crippen LogP contribution in [-0.4, -0.2) is 62.3 Å². The minimum Gasteiger partial charge on any atom is -0.391 e. The van der Waals surface area contributed by atoms with Crippen LogP contribution in [0.2, 0.25) is 5.15 Å². The number of fused-ring (bicyclic) bond motifs is 3. The van der Waals surface area contributed by atoms with Crippen molar-refractivity contribution in [2.75, 3.05) is 11.4 Å². The second-order valence-electron chi connectivity index (χ2n) is 10.6. The SMILES string of the molecule is C[C@@H](O)[C@H](NC(=O)[C@]1(C)[C@@H](c2ccc(N3C[C@@](C)(C(F)(F)F)c4c3cnc3cc(Cl)nn43)cc2)C1(F)F)C(N)=O. The van der Waals surface area contributed by atoms with E-state index in [0.29, 0.717) is 0 Å². The lowest BCUT2D eigenvalue weighted by atomic mass is 9.87. The van der Waals surface area contributed by atoms with Crippen LogP contribution in [0.4, 0.5) is 33.3 Å². The number of amides is 2. The largest absolute Gasteiger partial charge is 0.401 e. The molecule has 4 N–H and O–H groups in total. The van der Waals surface area contributed by atoms with E-state index in [4.69, 9.17) is 17.3 Å². The van der Waals surface area contributed by atoms with E-state index in [0.717, 1.165) is 18.4 Å². The van der Waals surface area contributed by atoms with Crippen molar-refractivity contribution in [1.29, 1.82) is 0 Å². The number of aliphatic hydroxyl groups is 1. The summed E-state index contributed by atoms with van der Waals surface area (Å²) < 4.78 is 74.2. The maximum atomic E-state index is 15.0. The highest BCUT2D eigenvalue weighted by Crippen LogP contribution is 2.71. The molecule has 2 amide bonds. The van der Waals surface area contributed by atoms with Gasteiger partial charge < -0.3 is 21.1 Å². The molecule has 15 heteroatoms. The Morgan fingerprint density at radius 2 is 1.85 bits per heavy atom. The van der Waals surface area contributed by atoms with Gasteiger partial charge in [-0.05, 0) is 38.5 Å². The Morgan fingerprint density at radius 1 is 1.23 bits per heavy atom. The fourth-order valence-corrected chi connectivity index (χ4v) is 5.64. The number of primary amides is 1. The molecular formula is C25H24ClF5N6O3. The van der Waals surface area contributed by atoms with Crippen LogP contribution in [-0.2, 0) is 15.0 Å². The summed E-state index contributed by atoms with van der Waals surface area (Å²) in [4.78, 5) is 29.9. The molecule has 3 heterocycles. The molecule has 0 spiro atoms. The first-order chi connectivity index (χ1) is 18.4. The number of nitrogens with two attached hydrogens (primary N) is 1. The van der Waals surface area contributed by atoms with E-state index in [1.807, 2.05) is 0 Å². The standard InChI is InChI=1S/C25H24ClF5N6O3/c1-11(38)17(20(32)39)34-21(40)23(3)18(24(23,27)28)12-4-6-13(7-5-12)36-10-22(2,25(29,30)31)19-14(36)9-33-16-8-15(26)35-37(16)19/h4-9,11,17-18,38H,10H2,1-3H3,(H2,32,39)(H,34,40)/t11-,17+,18-,22-,23+/m1/s1. The van der Waals surface area contributed by atoms with E-state index >= 15 is 8.78 Å². The zero-order chi connectivity index (χ0) is 29.6. The Hall–Kier alpha value is -3.52. The summed E-state index contributed by atoms with van der Waals surface area (Å²) >= 11 is 5.93. The molecule has 2 aliphatic rings. The molecule has 1 aromatic carbocycles. The summed E-state index contributed by atoms with van der Waals surface area (Å²) in [5.41, 5.74) is 0.974. The van der Waals surface area contributed by atoms with Crippen LogP contribution in [0.25, 0.3) is 5.65 Å². The molecule has 1 aliphatic carbocycles. The maximum absolute atomic E-state index is 15.0. The van der Waals surface area contributed by atoms with E-state index in [9.17, 15) is 27.9 Å². The quantitative estimate of drug-likeness (QED) is 0.380. The Kier molecular flexibility index (Phi) is 6.12. The molecule has 0 saturated heterocycles. The summed E-state index contributed by atoms with van der Waals surface area (Å²) in [5.74, 6) is -7.35. The number of aliphatic hydroxyl groups excluding tert-OH is 1. The Bertz CT molecular complexity index is 1530. The van der Waals surface area contributed by atoms with Gasteiger partial charge in [-0.15, -0.1) is 0 Å². The highest BCUT2D eigenvalue weighted by atomic mass is 35.5. The van der Waals surface area contributed by atoms with E-state index in [-0.39, 0.29) is 33.4 Å². The van der Waals surface area contributed by atoms with Gasteiger partial charge in [-0.25, -0.2) is 18.3 Å². The highest BCUT2D eigenvalue weighted by Gasteiger charge is 2.82. The van der Waals surface area contributed by atoms with Crippen molar-refractivity contribution in [3.05, 3.63) is 52.9 Å². The van der Waals surface area contributed by atoms with Gasteiger partial charge in [0.15, 0.2) is 10.8 Å². The number of hydrogen-bond acceptors (Lipinski definition) is 6. The topological polar surface area (TPSA) is 126 Å². The Labute approximate surface area is 229 Å². The van der Waals surface area contributed by atoms with Crippen LogP contribution in [0.1, 0.15) is 37.9 Å². The average Bonchev–Trinajstić information content (AvgIpc) is 3.13. The lowest BCUT2D eigenvalue weighted by Crippen LogP contribution is -2.53. The van der Waals surface area contributed by atoms with Gasteiger partial charge in [-0.3, -0.25) is 9.59 Å². The van der Waals surface area contributed by atoms with Crippen molar-refractivity contribution < 1.29 is 36.6 Å². The van der Waals surface area contributed by atoms with E-state index in [1.54, 1.807) is 0 Å². The molecule has 5 rings (SSSR count). The molecule has 5 atom stereocenters. The second-order valence-corrected chi connectivity index (χ2v) is 11.0. The first-order valence-electron chi connectivity index (χ1n) is 12.1. The number of hydrogen-bond donors (Lipinski definition) is 3. The smallest absolute Gasteiger partial charge is 0.391 e. The number of halogens is 6. The third kappa shape index (κ3) is 3.83. The summed E-state index contributed by atoms with van der Waals surface area (Å²) in [5, 5.41) is 15.7. The van der Waals surface area contributed by atoms with Crippen molar-refractivity contribution in [2.45, 2.75) is 56.3 Å². The van der Waals surface area contributed by atoms with Crippen LogP contribution in [0.3, 0.4) is 0 Å². The van der Waals surface area contributed by atoms with Gasteiger partial charge in [0.2, 0.25) is 11.8 Å². The van der Waals surface area contributed by atoms with Crippen LogP contribution in [0.15, 0.2) is 36.5 Å². The van der Waals surface area contributed by atoms with E-state index < -0.39 is 59.4 Å². The molecule has 40 heavy (non-hydrogen) atoms. The van der Waals surface area contributed by atoms with Gasteiger partial charge >= 0.3 is 6.18 Å². The lowest BCUT2D eigenvalue weighted by molar-refractivity contribution is -0.181. The molecule has 0 bridgehead atoms. The zero-order valence-corrected chi connectivity index (χ0v) is 22.1. The molecular weight excluding hydrogens is 563 g/mol. The molecule has 9 nitrogen and oxygen atoms in total. The summed E-state index contributed by atoms with van der Waals surface area (Å²) in [6, 6.07) is 5.17. The minimum absolute atomic E-state index is 0.0266. The Morgan fingerprint density at radius 3 is 2.40 bits per heavy atom. The number of carbonyl (C=O) groups is 2. The third-order valence-corrected chi connectivity index (χ3v) is 8.17. The molecule has 214 valence electrons. The monoisotopic (exact) mass is 586 g/mol. The maximum Gasteiger partial charge on any atom is 0.401 e. The van der Waals surface area contributed by atoms with Gasteiger partial charge in [0, 0.05) is 18.3 Å². The van der Waals surface area contributed by atoms with Gasteiger partial charge in [0.1, 0.15) is 16.9 Å². The number of carbonyl (C=O) groups excluding carboxylic acids is 2. The second kappa shape index (κ2) is 8.74. The normalized spacial score (nSPS) is 26.9. The molecule has 1 fully saturated rings. The van der Waals surface area contributed by atoms with Crippen molar-refractivity contribution >= 4 is 40.4 Å². The molecule has 0 unspecified atom stereocenters. The van der Waals surface area contributed by atoms with E-state index in [2.05, 4.69) is 15.4 Å². The average molecular weight is 587 g/mol. The number of nitrogens with one attached hydrogen (secondary N) is 1. The molecule has 2 aromatic heterocycles. The van der Waals surface area contributed by atoms with Gasteiger partial charge in [-0.1, -0.05) is 23.7 Å². The van der Waals surface area contributed by atoms with Gasteiger partial charge in [0.25, 0.3) is 5.92 Å². The molecule has 0 radical (unpaired) electrons. The fourth-order valence-electron chi connectivity index (χ4n) is 5.46. The summed E-state index contributed by atoms with van der Waals surface area (Å²) in [7, 11) is 0. The van der Waals surface area contributed by atoms with Crippen LogP contribution in [0.5, 0.6) is 0 Å². The number of anilines is 2. The van der Waals surface area contributed by atoms with Crippen molar-refractivity contribution in [3.63, 3.8) is 0 Å². The minimum atomic E-state index is -4.68. The van der Waals surface area contributed by atoms with Gasteiger partial charge in [0.05, 0.1) is 29.6 Å². The lowest BCUT2D eigenvalue weighted by Gasteiger charge is -2.28. The molecule has 1 aliphatic heterocycles. The van der Waals surface area contributed by atoms with Crippen molar-refractivity contribution in [2.24, 2.45) is 11.1 Å². The van der Waals surface area contributed by atoms with Crippen LogP contribution >= 0.6 is 11.6 Å². The fraction of sp³-hybridized carbons (Fsp3) is 0.440. The zero-order valence-electron chi connectivity index (χ0n) is 21.3. The number of alkyl halides is 5. The van der Waals surface area contributed by atoms with Crippen LogP contribution < -0.4 is 16.0 Å². The number of benzene rings is 1. The third-order valence-electron chi connectivity index (χ3n) is 7.98. The highest BCUT2D eigenvalue weighted by molar-refractivity contribution is 6.29. The number of aromatic nitrogens is 3. The Balaban J connectivity index is 1.47. The predicted molar refractivity (Wildman–Crippen MR) is 133 cm³/mol. The van der Waals surface area contributed by atoms with Crippen LogP contribution in [0, 0.1) is 5.41 Å². The number of rotatable bonds is 6. The molecule has 1 saturated carbocycles.